The summed E-state index contributed by atoms with van der Waals surface area (Å²) < 4.78 is 0. The monoisotopic (exact) mass is 108 g/mol. The van der Waals surface area contributed by atoms with Crippen LogP contribution in [0.15, 0.2) is 29.3 Å². The van der Waals surface area contributed by atoms with Gasteiger partial charge in [0.15, 0.2) is 0 Å². The van der Waals surface area contributed by atoms with Gasteiger partial charge in [0.2, 0.25) is 0 Å². The van der Waals surface area contributed by atoms with Crippen molar-refractivity contribution in [1.82, 2.24) is 0 Å². The number of rotatable bonds is 0. The van der Waals surface area contributed by atoms with Gasteiger partial charge in [0.05, 0.1) is 0 Å². The first-order valence-corrected chi connectivity index (χ1v) is 2.45. The molecule has 1 aliphatic rings. The van der Waals surface area contributed by atoms with Crippen molar-refractivity contribution in [2.75, 3.05) is 0 Å². The Morgan fingerprint density at radius 3 is 2.88 bits per heavy atom. The fraction of sp³-hybridized carbons (Fsp3) is 0.167. The summed E-state index contributed by atoms with van der Waals surface area (Å²) in [4.78, 5) is 3.88. The number of dihydropyridines is 1. The third-order valence-corrected chi connectivity index (χ3v) is 1.02. The Balaban J connectivity index is 2.74. The molecule has 0 aromatic heterocycles. The van der Waals surface area contributed by atoms with Crippen molar-refractivity contribution in [3.8, 4) is 0 Å². The van der Waals surface area contributed by atoms with E-state index in [4.69, 9.17) is 5.73 Å². The van der Waals surface area contributed by atoms with Gasteiger partial charge in [-0.2, -0.15) is 0 Å². The topological polar surface area (TPSA) is 38.4 Å². The van der Waals surface area contributed by atoms with Gasteiger partial charge in [-0.25, -0.2) is 0 Å². The molecule has 2 N–H and O–H groups in total. The zero-order valence-electron chi connectivity index (χ0n) is 4.54. The Labute approximate surface area is 48.4 Å². The van der Waals surface area contributed by atoms with E-state index in [1.54, 1.807) is 6.21 Å². The Morgan fingerprint density at radius 2 is 2.50 bits per heavy atom. The molecule has 2 heteroatoms. The lowest BCUT2D eigenvalue weighted by molar-refractivity contribution is 0.844. The number of nitrogens with zero attached hydrogens (tertiary/aromatic N) is 1. The van der Waals surface area contributed by atoms with Gasteiger partial charge in [0.1, 0.15) is 6.17 Å². The van der Waals surface area contributed by atoms with Crippen molar-refractivity contribution in [3.05, 3.63) is 24.3 Å². The number of allylic oxidation sites excluding steroid dienone is 1. The molecule has 0 aromatic carbocycles. The predicted octanol–water partition coefficient (Wildman–Crippen LogP) is 0.468. The van der Waals surface area contributed by atoms with Crippen molar-refractivity contribution in [2.45, 2.75) is 6.17 Å². The van der Waals surface area contributed by atoms with E-state index in [-0.39, 0.29) is 6.17 Å². The highest BCUT2D eigenvalue weighted by Gasteiger charge is 2.00. The molecule has 1 heterocycles. The fourth-order valence-corrected chi connectivity index (χ4v) is 0.503. The molecule has 0 aliphatic carbocycles. The van der Waals surface area contributed by atoms with E-state index in [1.807, 2.05) is 12.2 Å². The highest BCUT2D eigenvalue weighted by atomic mass is 14.9. The summed E-state index contributed by atoms with van der Waals surface area (Å²) in [6.45, 7) is 3.67. The molecule has 0 spiro atoms. The zero-order valence-corrected chi connectivity index (χ0v) is 4.54. The van der Waals surface area contributed by atoms with Gasteiger partial charge >= 0.3 is 0 Å². The minimum absolute atomic E-state index is 0.208. The molecule has 1 rings (SSSR count). The summed E-state index contributed by atoms with van der Waals surface area (Å²) in [5, 5.41) is 0. The normalized spacial score (nSPS) is 26.6. The van der Waals surface area contributed by atoms with E-state index in [2.05, 4.69) is 11.6 Å². The van der Waals surface area contributed by atoms with E-state index >= 15 is 0 Å². The molecule has 0 aromatic rings. The van der Waals surface area contributed by atoms with Crippen LogP contribution >= 0.6 is 0 Å². The van der Waals surface area contributed by atoms with Crippen molar-refractivity contribution in [2.24, 2.45) is 10.7 Å². The van der Waals surface area contributed by atoms with Crippen molar-refractivity contribution >= 4 is 6.21 Å². The Bertz CT molecular complexity index is 156. The standard InChI is InChI=1S/C6H8N2/c1-5-3-2-4-8-6(5)7/h2-4,6H,1,7H2. The molecule has 1 aliphatic heterocycles. The molecular formula is C6H8N2. The predicted molar refractivity (Wildman–Crippen MR) is 34.7 cm³/mol. The summed E-state index contributed by atoms with van der Waals surface area (Å²) in [6.07, 6.45) is 5.16. The highest BCUT2D eigenvalue weighted by molar-refractivity contribution is 5.74. The van der Waals surface area contributed by atoms with Crippen LogP contribution in [0.5, 0.6) is 0 Å². The van der Waals surface area contributed by atoms with Crippen LogP contribution in [0.2, 0.25) is 0 Å². The lowest BCUT2D eigenvalue weighted by Gasteiger charge is -2.07. The molecule has 1 unspecified atom stereocenters. The molecule has 1 atom stereocenters. The first kappa shape index (κ1) is 5.25. The highest BCUT2D eigenvalue weighted by Crippen LogP contribution is 2.02. The lowest BCUT2D eigenvalue weighted by Crippen LogP contribution is -2.19. The first-order valence-electron chi connectivity index (χ1n) is 2.45. The van der Waals surface area contributed by atoms with Crippen LogP contribution in [0.1, 0.15) is 0 Å². The maximum Gasteiger partial charge on any atom is 0.122 e. The molecule has 2 nitrogen and oxygen atoms in total. The SMILES string of the molecule is C=C1C=CC=NC1N. The van der Waals surface area contributed by atoms with E-state index in [1.165, 1.54) is 0 Å². The van der Waals surface area contributed by atoms with Crippen LogP contribution in [0.4, 0.5) is 0 Å². The van der Waals surface area contributed by atoms with Crippen LogP contribution in [-0.2, 0) is 0 Å². The summed E-state index contributed by atoms with van der Waals surface area (Å²) in [6, 6.07) is 0. The minimum Gasteiger partial charge on any atom is -0.306 e. The van der Waals surface area contributed by atoms with Gasteiger partial charge in [-0.1, -0.05) is 12.7 Å². The second kappa shape index (κ2) is 1.92. The number of aliphatic imine (C=N–C) groups is 1. The molecule has 0 bridgehead atoms. The van der Waals surface area contributed by atoms with Gasteiger partial charge in [-0.05, 0) is 11.6 Å². The van der Waals surface area contributed by atoms with Crippen molar-refractivity contribution in [1.29, 1.82) is 0 Å². The average Bonchev–Trinajstić information content (AvgIpc) is 1.77. The summed E-state index contributed by atoms with van der Waals surface area (Å²) >= 11 is 0. The van der Waals surface area contributed by atoms with Crippen LogP contribution < -0.4 is 5.73 Å². The van der Waals surface area contributed by atoms with Gasteiger partial charge in [-0.3, -0.25) is 4.99 Å². The number of hydrogen-bond donors (Lipinski definition) is 1. The quantitative estimate of drug-likeness (QED) is 0.481. The van der Waals surface area contributed by atoms with Crippen LogP contribution in [0, 0.1) is 0 Å². The van der Waals surface area contributed by atoms with Crippen LogP contribution in [0.25, 0.3) is 0 Å². The van der Waals surface area contributed by atoms with E-state index < -0.39 is 0 Å². The maximum absolute atomic E-state index is 5.43. The fourth-order valence-electron chi connectivity index (χ4n) is 0.503. The van der Waals surface area contributed by atoms with Crippen molar-refractivity contribution in [3.63, 3.8) is 0 Å². The Kier molecular flexibility index (Phi) is 1.26. The van der Waals surface area contributed by atoms with Gasteiger partial charge in [0, 0.05) is 6.21 Å². The van der Waals surface area contributed by atoms with E-state index in [0.717, 1.165) is 5.57 Å². The molecular weight excluding hydrogens is 100 g/mol. The average molecular weight is 108 g/mol. The zero-order chi connectivity index (χ0) is 5.98. The Hall–Kier alpha value is -0.890. The van der Waals surface area contributed by atoms with Gasteiger partial charge in [0.25, 0.3) is 0 Å². The Morgan fingerprint density at radius 1 is 1.75 bits per heavy atom. The van der Waals surface area contributed by atoms with Gasteiger partial charge in [-0.15, -0.1) is 0 Å². The second-order valence-electron chi connectivity index (χ2n) is 1.68. The molecule has 0 saturated heterocycles. The second-order valence-corrected chi connectivity index (χ2v) is 1.68. The summed E-state index contributed by atoms with van der Waals surface area (Å²) in [5.74, 6) is 0. The van der Waals surface area contributed by atoms with E-state index in [9.17, 15) is 0 Å². The van der Waals surface area contributed by atoms with Crippen molar-refractivity contribution < 1.29 is 0 Å². The summed E-state index contributed by atoms with van der Waals surface area (Å²) in [5.41, 5.74) is 6.30. The first-order chi connectivity index (χ1) is 3.80. The minimum atomic E-state index is -0.208. The van der Waals surface area contributed by atoms with Crippen LogP contribution in [0.3, 0.4) is 0 Å². The molecule has 0 saturated carbocycles. The molecule has 8 heavy (non-hydrogen) atoms. The molecule has 42 valence electrons. The maximum atomic E-state index is 5.43. The molecule has 0 radical (unpaired) electrons. The molecule has 0 fully saturated rings. The van der Waals surface area contributed by atoms with Gasteiger partial charge < -0.3 is 5.73 Å². The van der Waals surface area contributed by atoms with Crippen LogP contribution in [-0.4, -0.2) is 12.4 Å². The number of hydrogen-bond acceptors (Lipinski definition) is 2. The lowest BCUT2D eigenvalue weighted by atomic mass is 10.2. The largest absolute Gasteiger partial charge is 0.306 e. The smallest absolute Gasteiger partial charge is 0.122 e. The third-order valence-electron chi connectivity index (χ3n) is 1.02. The number of nitrogens with two attached hydrogens (primary N) is 1. The third kappa shape index (κ3) is 0.845. The van der Waals surface area contributed by atoms with E-state index in [0.29, 0.717) is 0 Å². The summed E-state index contributed by atoms with van der Waals surface area (Å²) in [7, 11) is 0. The molecule has 0 amide bonds.